The van der Waals surface area contributed by atoms with E-state index < -0.39 is 0 Å². The summed E-state index contributed by atoms with van der Waals surface area (Å²) < 4.78 is 10.7. The molecule has 4 heteroatoms. The number of hydrogen-bond acceptors (Lipinski definition) is 4. The molecule has 0 aromatic heterocycles. The van der Waals surface area contributed by atoms with Gasteiger partial charge in [-0.05, 0) is 6.08 Å². The smallest absolute Gasteiger partial charge is 0.156 e. The summed E-state index contributed by atoms with van der Waals surface area (Å²) in [7, 11) is 0. The second-order valence-electron chi connectivity index (χ2n) is 2.88. The van der Waals surface area contributed by atoms with Gasteiger partial charge in [-0.2, -0.15) is 0 Å². The van der Waals surface area contributed by atoms with Crippen molar-refractivity contribution in [2.24, 2.45) is 0 Å². The Labute approximate surface area is 96.5 Å². The summed E-state index contributed by atoms with van der Waals surface area (Å²) in [6, 6.07) is 0. The summed E-state index contributed by atoms with van der Waals surface area (Å²) in [5.41, 5.74) is 0. The fourth-order valence-electron chi connectivity index (χ4n) is 1.05. The largest absolute Gasteiger partial charge is 0.492 e. The van der Waals surface area contributed by atoms with Crippen LogP contribution in [0.1, 0.15) is 13.3 Å². The van der Waals surface area contributed by atoms with Gasteiger partial charge in [0.15, 0.2) is 5.76 Å². The summed E-state index contributed by atoms with van der Waals surface area (Å²) >= 11 is 0. The van der Waals surface area contributed by atoms with Gasteiger partial charge in [0.2, 0.25) is 0 Å². The number of aliphatic hydroxyl groups is 2. The maximum atomic E-state index is 8.70. The first-order valence-corrected chi connectivity index (χ1v) is 5.29. The number of allylic oxidation sites excluding steroid dienone is 4. The molecule has 92 valence electrons. The zero-order valence-electron chi connectivity index (χ0n) is 9.69. The van der Waals surface area contributed by atoms with Crippen molar-refractivity contribution in [1.82, 2.24) is 0 Å². The van der Waals surface area contributed by atoms with Crippen LogP contribution in [0.4, 0.5) is 0 Å². The van der Waals surface area contributed by atoms with Crippen LogP contribution in [-0.2, 0) is 9.47 Å². The van der Waals surface area contributed by atoms with Gasteiger partial charge in [-0.25, -0.2) is 0 Å². The first kappa shape index (κ1) is 14.7. The van der Waals surface area contributed by atoms with E-state index in [0.717, 1.165) is 0 Å². The first-order chi connectivity index (χ1) is 7.79. The van der Waals surface area contributed by atoms with Crippen LogP contribution >= 0.6 is 0 Å². The molecule has 2 N–H and O–H groups in total. The molecule has 16 heavy (non-hydrogen) atoms. The molecule has 0 aromatic rings. The molecular weight excluding hydrogens is 208 g/mol. The summed E-state index contributed by atoms with van der Waals surface area (Å²) in [5, 5.41) is 17.4. The molecule has 0 aromatic carbocycles. The molecule has 0 unspecified atom stereocenters. The van der Waals surface area contributed by atoms with Gasteiger partial charge < -0.3 is 19.7 Å². The topological polar surface area (TPSA) is 58.9 Å². The fourth-order valence-corrected chi connectivity index (χ4v) is 1.05. The van der Waals surface area contributed by atoms with Gasteiger partial charge in [-0.1, -0.05) is 25.7 Å². The van der Waals surface area contributed by atoms with Crippen molar-refractivity contribution < 1.29 is 19.7 Å². The van der Waals surface area contributed by atoms with Crippen molar-refractivity contribution in [3.8, 4) is 0 Å². The van der Waals surface area contributed by atoms with Crippen LogP contribution in [-0.4, -0.2) is 36.6 Å². The van der Waals surface area contributed by atoms with Crippen LogP contribution in [0.5, 0.6) is 0 Å². The van der Waals surface area contributed by atoms with Crippen molar-refractivity contribution in [2.45, 2.75) is 13.3 Å². The average Bonchev–Trinajstić information content (AvgIpc) is 2.32. The molecular formula is C12H20O4. The van der Waals surface area contributed by atoms with Crippen molar-refractivity contribution >= 4 is 0 Å². The molecule has 0 aliphatic heterocycles. The minimum absolute atomic E-state index is 0.0397. The lowest BCUT2D eigenvalue weighted by molar-refractivity contribution is 0.107. The highest BCUT2D eigenvalue weighted by atomic mass is 16.5. The number of rotatable bonds is 9. The monoisotopic (exact) mass is 228 g/mol. The molecule has 0 fully saturated rings. The van der Waals surface area contributed by atoms with E-state index in [-0.39, 0.29) is 26.4 Å². The molecule has 0 spiro atoms. The third kappa shape index (κ3) is 6.27. The van der Waals surface area contributed by atoms with E-state index in [1.165, 1.54) is 0 Å². The van der Waals surface area contributed by atoms with Crippen molar-refractivity contribution in [3.05, 3.63) is 36.3 Å². The molecule has 0 rings (SSSR count). The lowest BCUT2D eigenvalue weighted by Crippen LogP contribution is -2.05. The average molecular weight is 228 g/mol. The van der Waals surface area contributed by atoms with E-state index in [1.807, 2.05) is 6.92 Å². The summed E-state index contributed by atoms with van der Waals surface area (Å²) in [5.74, 6) is 1.21. The Morgan fingerprint density at radius 3 is 2.31 bits per heavy atom. The predicted molar refractivity (Wildman–Crippen MR) is 62.7 cm³/mol. The molecule has 0 aliphatic rings. The highest BCUT2D eigenvalue weighted by Gasteiger charge is 2.05. The van der Waals surface area contributed by atoms with Gasteiger partial charge in [0.1, 0.15) is 19.0 Å². The molecule has 0 bridgehead atoms. The standard InChI is InChI=1S/C12H20O4/c1-3-5-6-12(16-10-8-14)11(4-2)15-9-7-13/h3,5-6,13-14H,1,4,7-10H2,2H3/b6-5-,12-11-. The zero-order chi connectivity index (χ0) is 12.2. The number of aliphatic hydroxyl groups excluding tert-OH is 2. The Bertz CT molecular complexity index is 243. The van der Waals surface area contributed by atoms with Crippen LogP contribution < -0.4 is 0 Å². The second-order valence-corrected chi connectivity index (χ2v) is 2.88. The molecule has 4 nitrogen and oxygen atoms in total. The SMILES string of the molecule is C=C/C=C\C(OCCO)=C(/CC)OCCO. The van der Waals surface area contributed by atoms with E-state index >= 15 is 0 Å². The lowest BCUT2D eigenvalue weighted by Gasteiger charge is -2.12. The summed E-state index contributed by atoms with van der Waals surface area (Å²) in [4.78, 5) is 0. The van der Waals surface area contributed by atoms with Crippen LogP contribution in [0, 0.1) is 0 Å². The van der Waals surface area contributed by atoms with E-state index in [9.17, 15) is 0 Å². The highest BCUT2D eigenvalue weighted by Crippen LogP contribution is 2.13. The Morgan fingerprint density at radius 1 is 1.19 bits per heavy atom. The Morgan fingerprint density at radius 2 is 1.81 bits per heavy atom. The summed E-state index contributed by atoms with van der Waals surface area (Å²) in [6.07, 6.45) is 5.73. The van der Waals surface area contributed by atoms with Crippen molar-refractivity contribution in [2.75, 3.05) is 26.4 Å². The lowest BCUT2D eigenvalue weighted by atomic mass is 10.3. The van der Waals surface area contributed by atoms with E-state index in [2.05, 4.69) is 6.58 Å². The second kappa shape index (κ2) is 10.3. The Hall–Kier alpha value is -1.26. The van der Waals surface area contributed by atoms with Crippen LogP contribution in [0.3, 0.4) is 0 Å². The third-order valence-corrected chi connectivity index (χ3v) is 1.70. The zero-order valence-corrected chi connectivity index (χ0v) is 9.69. The fraction of sp³-hybridized carbons (Fsp3) is 0.500. The molecule has 0 aliphatic carbocycles. The molecule has 0 atom stereocenters. The van der Waals surface area contributed by atoms with Crippen LogP contribution in [0.15, 0.2) is 36.3 Å². The van der Waals surface area contributed by atoms with Gasteiger partial charge in [0, 0.05) is 6.42 Å². The van der Waals surface area contributed by atoms with Gasteiger partial charge in [0.05, 0.1) is 13.2 Å². The van der Waals surface area contributed by atoms with E-state index in [4.69, 9.17) is 19.7 Å². The van der Waals surface area contributed by atoms with Gasteiger partial charge >= 0.3 is 0 Å². The van der Waals surface area contributed by atoms with Crippen LogP contribution in [0.2, 0.25) is 0 Å². The van der Waals surface area contributed by atoms with E-state index in [0.29, 0.717) is 17.9 Å². The van der Waals surface area contributed by atoms with Crippen molar-refractivity contribution in [3.63, 3.8) is 0 Å². The number of hydrogen-bond donors (Lipinski definition) is 2. The molecule has 0 amide bonds. The van der Waals surface area contributed by atoms with Gasteiger partial charge in [-0.3, -0.25) is 0 Å². The normalized spacial score (nSPS) is 12.4. The molecule has 0 heterocycles. The maximum Gasteiger partial charge on any atom is 0.156 e. The van der Waals surface area contributed by atoms with Gasteiger partial charge in [0.25, 0.3) is 0 Å². The maximum absolute atomic E-state index is 8.70. The van der Waals surface area contributed by atoms with Crippen LogP contribution in [0.25, 0.3) is 0 Å². The minimum atomic E-state index is -0.0532. The predicted octanol–water partition coefficient (Wildman–Crippen LogP) is 1.37. The molecule has 0 saturated carbocycles. The Kier molecular flexibility index (Phi) is 9.46. The minimum Gasteiger partial charge on any atom is -0.492 e. The quantitative estimate of drug-likeness (QED) is 0.462. The third-order valence-electron chi connectivity index (χ3n) is 1.70. The summed E-state index contributed by atoms with van der Waals surface area (Å²) in [6.45, 7) is 5.84. The molecule has 0 saturated heterocycles. The van der Waals surface area contributed by atoms with Gasteiger partial charge in [-0.15, -0.1) is 0 Å². The first-order valence-electron chi connectivity index (χ1n) is 5.29. The van der Waals surface area contributed by atoms with E-state index in [1.54, 1.807) is 18.2 Å². The number of ether oxygens (including phenoxy) is 2. The highest BCUT2D eigenvalue weighted by molar-refractivity contribution is 5.19. The Balaban J connectivity index is 4.65. The van der Waals surface area contributed by atoms with Crippen molar-refractivity contribution in [1.29, 1.82) is 0 Å². The molecule has 0 radical (unpaired) electrons.